The molecule has 1 saturated carbocycles. The molecule has 1 amide bonds. The number of carbonyl (C=O) groups excluding carboxylic acids is 1. The zero-order chi connectivity index (χ0) is 13.8. The van der Waals surface area contributed by atoms with Gasteiger partial charge in [0.25, 0.3) is 5.91 Å². The maximum Gasteiger partial charge on any atom is 0.258 e. The average Bonchev–Trinajstić information content (AvgIpc) is 3.07. The van der Waals surface area contributed by atoms with Crippen LogP contribution in [0.2, 0.25) is 0 Å². The van der Waals surface area contributed by atoms with Crippen molar-refractivity contribution in [3.05, 3.63) is 5.56 Å². The summed E-state index contributed by atoms with van der Waals surface area (Å²) in [6.45, 7) is 4.73. The van der Waals surface area contributed by atoms with E-state index < -0.39 is 0 Å². The van der Waals surface area contributed by atoms with E-state index in [9.17, 15) is 4.79 Å². The molecule has 1 fully saturated rings. The van der Waals surface area contributed by atoms with Gasteiger partial charge in [-0.25, -0.2) is 0 Å². The van der Waals surface area contributed by atoms with Gasteiger partial charge in [0.2, 0.25) is 0 Å². The van der Waals surface area contributed by atoms with Crippen molar-refractivity contribution in [1.82, 2.24) is 9.69 Å². The van der Waals surface area contributed by atoms with Gasteiger partial charge in [0.15, 0.2) is 5.82 Å². The average molecular weight is 282 g/mol. The van der Waals surface area contributed by atoms with Gasteiger partial charge in [-0.15, -0.1) is 0 Å². The largest absolute Gasteiger partial charge is 0.382 e. The molecule has 1 heterocycles. The molecule has 0 atom stereocenters. The number of amides is 1. The third-order valence-electron chi connectivity index (χ3n) is 3.14. The van der Waals surface area contributed by atoms with Gasteiger partial charge in [-0.05, 0) is 44.1 Å². The summed E-state index contributed by atoms with van der Waals surface area (Å²) in [5, 5.41) is 6.92. The molecular weight excluding hydrogens is 260 g/mol. The van der Waals surface area contributed by atoms with Gasteiger partial charge < -0.3 is 16.4 Å². The first-order chi connectivity index (χ1) is 9.08. The summed E-state index contributed by atoms with van der Waals surface area (Å²) in [6, 6.07) is 0.0921. The van der Waals surface area contributed by atoms with Gasteiger partial charge in [0.1, 0.15) is 10.6 Å². The smallest absolute Gasteiger partial charge is 0.258 e. The van der Waals surface area contributed by atoms with Crippen molar-refractivity contribution in [1.29, 1.82) is 0 Å². The topological polar surface area (TPSA) is 80.0 Å². The molecule has 2 rings (SSSR count). The summed E-state index contributed by atoms with van der Waals surface area (Å²) in [6.07, 6.45) is 5.17. The summed E-state index contributed by atoms with van der Waals surface area (Å²) in [5.41, 5.74) is 6.27. The van der Waals surface area contributed by atoms with Crippen LogP contribution in [0.25, 0.3) is 0 Å². The van der Waals surface area contributed by atoms with Gasteiger partial charge in [0.05, 0.1) is 0 Å². The van der Waals surface area contributed by atoms with Crippen molar-refractivity contribution in [3.63, 3.8) is 0 Å². The lowest BCUT2D eigenvalue weighted by molar-refractivity contribution is 0.0945. The van der Waals surface area contributed by atoms with Crippen LogP contribution in [0.15, 0.2) is 0 Å². The second-order valence-corrected chi connectivity index (χ2v) is 6.19. The molecule has 0 aromatic carbocycles. The van der Waals surface area contributed by atoms with Gasteiger partial charge in [0, 0.05) is 12.6 Å². The van der Waals surface area contributed by atoms with E-state index in [1.54, 1.807) is 0 Å². The third-order valence-corrected chi connectivity index (χ3v) is 3.96. The van der Waals surface area contributed by atoms with E-state index in [0.717, 1.165) is 23.9 Å². The van der Waals surface area contributed by atoms with E-state index in [1.807, 2.05) is 13.8 Å². The number of nitrogen functional groups attached to an aromatic ring is 1. The number of nitrogens with two attached hydrogens (primary N) is 1. The van der Waals surface area contributed by atoms with Gasteiger partial charge in [-0.1, -0.05) is 12.8 Å². The molecule has 0 aliphatic heterocycles. The van der Waals surface area contributed by atoms with Crippen LogP contribution in [-0.4, -0.2) is 22.9 Å². The molecule has 0 unspecified atom stereocenters. The molecule has 0 radical (unpaired) electrons. The molecule has 5 nitrogen and oxygen atoms in total. The lowest BCUT2D eigenvalue weighted by atomic mass is 10.2. The molecule has 1 aliphatic carbocycles. The van der Waals surface area contributed by atoms with E-state index >= 15 is 0 Å². The fourth-order valence-electron chi connectivity index (χ4n) is 1.98. The van der Waals surface area contributed by atoms with E-state index in [0.29, 0.717) is 11.4 Å². The molecule has 19 heavy (non-hydrogen) atoms. The Morgan fingerprint density at radius 2 is 2.26 bits per heavy atom. The van der Waals surface area contributed by atoms with E-state index in [-0.39, 0.29) is 11.9 Å². The summed E-state index contributed by atoms with van der Waals surface area (Å²) < 4.78 is 4.07. The van der Waals surface area contributed by atoms with Crippen LogP contribution in [0, 0.1) is 5.92 Å². The molecule has 1 aromatic heterocycles. The molecule has 1 aromatic rings. The predicted molar refractivity (Wildman–Crippen MR) is 79.6 cm³/mol. The van der Waals surface area contributed by atoms with E-state index in [4.69, 9.17) is 5.73 Å². The van der Waals surface area contributed by atoms with Crippen molar-refractivity contribution < 1.29 is 4.79 Å². The highest BCUT2D eigenvalue weighted by atomic mass is 32.1. The molecule has 1 aliphatic rings. The number of nitrogens with zero attached hydrogens (tertiary/aromatic N) is 1. The number of carbonyl (C=O) groups is 1. The minimum absolute atomic E-state index is 0.0921. The standard InChI is InChI=1S/C13H22N4OS/c1-8(2)16-12(18)10-11(14)17-19-13(10)15-7-3-4-9-5-6-9/h8-9,15H,3-7H2,1-2H3,(H2,14,17)(H,16,18). The minimum Gasteiger partial charge on any atom is -0.382 e. The van der Waals surface area contributed by atoms with Crippen LogP contribution < -0.4 is 16.4 Å². The van der Waals surface area contributed by atoms with Crippen molar-refractivity contribution in [2.75, 3.05) is 17.6 Å². The molecular formula is C13H22N4OS. The van der Waals surface area contributed by atoms with Crippen molar-refractivity contribution in [2.45, 2.75) is 45.6 Å². The summed E-state index contributed by atoms with van der Waals surface area (Å²) in [4.78, 5) is 12.0. The van der Waals surface area contributed by atoms with E-state index in [1.165, 1.54) is 30.8 Å². The van der Waals surface area contributed by atoms with Crippen LogP contribution in [0.3, 0.4) is 0 Å². The quantitative estimate of drug-likeness (QED) is 0.671. The Labute approximate surface area is 118 Å². The summed E-state index contributed by atoms with van der Waals surface area (Å²) in [7, 11) is 0. The summed E-state index contributed by atoms with van der Waals surface area (Å²) >= 11 is 1.26. The van der Waals surface area contributed by atoms with Crippen LogP contribution in [0.5, 0.6) is 0 Å². The fourth-order valence-corrected chi connectivity index (χ4v) is 2.71. The van der Waals surface area contributed by atoms with Crippen LogP contribution in [0.4, 0.5) is 10.8 Å². The molecule has 6 heteroatoms. The van der Waals surface area contributed by atoms with Gasteiger partial charge in [-0.2, -0.15) is 4.37 Å². The number of rotatable bonds is 7. The Hall–Kier alpha value is -1.30. The molecule has 0 spiro atoms. The lowest BCUT2D eigenvalue weighted by Crippen LogP contribution is -2.30. The Bertz CT molecular complexity index is 440. The van der Waals surface area contributed by atoms with Crippen molar-refractivity contribution >= 4 is 28.3 Å². The van der Waals surface area contributed by atoms with Crippen LogP contribution in [0.1, 0.15) is 49.9 Å². The Balaban J connectivity index is 1.89. The monoisotopic (exact) mass is 282 g/mol. The number of hydrogen-bond donors (Lipinski definition) is 3. The second kappa shape index (κ2) is 6.23. The Morgan fingerprint density at radius 3 is 2.89 bits per heavy atom. The van der Waals surface area contributed by atoms with Crippen molar-refractivity contribution in [3.8, 4) is 0 Å². The van der Waals surface area contributed by atoms with Gasteiger partial charge in [-0.3, -0.25) is 4.79 Å². The molecule has 0 saturated heterocycles. The maximum absolute atomic E-state index is 12.0. The second-order valence-electron chi connectivity index (χ2n) is 5.41. The number of hydrogen-bond acceptors (Lipinski definition) is 5. The summed E-state index contributed by atoms with van der Waals surface area (Å²) in [5.74, 6) is 1.11. The number of aromatic nitrogens is 1. The molecule has 0 bridgehead atoms. The number of anilines is 2. The van der Waals surface area contributed by atoms with Crippen LogP contribution in [-0.2, 0) is 0 Å². The normalized spacial score (nSPS) is 14.7. The van der Waals surface area contributed by atoms with Crippen molar-refractivity contribution in [2.24, 2.45) is 5.92 Å². The predicted octanol–water partition coefficient (Wildman–Crippen LogP) is 2.47. The minimum atomic E-state index is -0.147. The fraction of sp³-hybridized carbons (Fsp3) is 0.692. The lowest BCUT2D eigenvalue weighted by Gasteiger charge is -2.10. The maximum atomic E-state index is 12.0. The highest BCUT2D eigenvalue weighted by Crippen LogP contribution is 2.33. The molecule has 106 valence electrons. The zero-order valence-electron chi connectivity index (χ0n) is 11.5. The van der Waals surface area contributed by atoms with Crippen LogP contribution >= 0.6 is 11.5 Å². The highest BCUT2D eigenvalue weighted by Gasteiger charge is 2.21. The molecule has 4 N–H and O–H groups in total. The zero-order valence-corrected chi connectivity index (χ0v) is 12.3. The van der Waals surface area contributed by atoms with E-state index in [2.05, 4.69) is 15.0 Å². The van der Waals surface area contributed by atoms with Gasteiger partial charge >= 0.3 is 0 Å². The Morgan fingerprint density at radius 1 is 1.53 bits per heavy atom. The first-order valence-corrected chi connectivity index (χ1v) is 7.65. The Kier molecular flexibility index (Phi) is 4.63. The first-order valence-electron chi connectivity index (χ1n) is 6.87. The highest BCUT2D eigenvalue weighted by molar-refractivity contribution is 7.11. The third kappa shape index (κ3) is 4.09. The number of nitrogens with one attached hydrogen (secondary N) is 2. The first kappa shape index (κ1) is 14.1. The SMILES string of the molecule is CC(C)NC(=O)c1c(N)nsc1NCCCC1CC1.